The molecule has 0 fully saturated rings. The van der Waals surface area contributed by atoms with Crippen LogP contribution in [0.25, 0.3) is 0 Å². The summed E-state index contributed by atoms with van der Waals surface area (Å²) in [4.78, 5) is 0. The van der Waals surface area contributed by atoms with E-state index in [1.165, 1.54) is 0 Å². The predicted molar refractivity (Wildman–Crippen MR) is 63.6 cm³/mol. The Bertz CT molecular complexity index is 289. The number of primary sulfonamides is 1. The maximum atomic E-state index is 11.3. The SMILES string of the molecule is C=CC[C@H](OCCOC)[C@@H](CC)S(N)(=O)=O. The van der Waals surface area contributed by atoms with Crippen LogP contribution in [0.4, 0.5) is 0 Å². The van der Waals surface area contributed by atoms with Gasteiger partial charge in [-0.05, 0) is 12.8 Å². The summed E-state index contributed by atoms with van der Waals surface area (Å²) in [5.41, 5.74) is 0. The molecule has 0 aromatic rings. The molecule has 16 heavy (non-hydrogen) atoms. The molecular formula is C10H21NO4S. The highest BCUT2D eigenvalue weighted by molar-refractivity contribution is 7.89. The molecule has 2 N–H and O–H groups in total. The summed E-state index contributed by atoms with van der Waals surface area (Å²) < 4.78 is 33.0. The zero-order chi connectivity index (χ0) is 12.6. The average molecular weight is 251 g/mol. The molecule has 0 amide bonds. The lowest BCUT2D eigenvalue weighted by molar-refractivity contribution is 0.0163. The molecule has 0 aromatic carbocycles. The van der Waals surface area contributed by atoms with Crippen LogP contribution in [0.15, 0.2) is 12.7 Å². The van der Waals surface area contributed by atoms with E-state index in [4.69, 9.17) is 14.6 Å². The molecule has 0 radical (unpaired) electrons. The molecule has 0 aliphatic carbocycles. The lowest BCUT2D eigenvalue weighted by Crippen LogP contribution is -2.40. The van der Waals surface area contributed by atoms with E-state index in [2.05, 4.69) is 6.58 Å². The lowest BCUT2D eigenvalue weighted by Gasteiger charge is -2.23. The van der Waals surface area contributed by atoms with Gasteiger partial charge in [0.05, 0.1) is 19.3 Å². The Morgan fingerprint density at radius 3 is 2.44 bits per heavy atom. The van der Waals surface area contributed by atoms with Crippen molar-refractivity contribution in [1.29, 1.82) is 0 Å². The van der Waals surface area contributed by atoms with Crippen LogP contribution in [0, 0.1) is 0 Å². The van der Waals surface area contributed by atoms with Gasteiger partial charge in [0, 0.05) is 7.11 Å². The Balaban J connectivity index is 4.53. The topological polar surface area (TPSA) is 78.6 Å². The zero-order valence-electron chi connectivity index (χ0n) is 9.89. The third-order valence-electron chi connectivity index (χ3n) is 2.26. The van der Waals surface area contributed by atoms with E-state index >= 15 is 0 Å². The largest absolute Gasteiger partial charge is 0.382 e. The quantitative estimate of drug-likeness (QED) is 0.482. The molecule has 5 nitrogen and oxygen atoms in total. The van der Waals surface area contributed by atoms with Crippen LogP contribution < -0.4 is 5.14 Å². The van der Waals surface area contributed by atoms with Gasteiger partial charge < -0.3 is 9.47 Å². The third kappa shape index (κ3) is 5.60. The van der Waals surface area contributed by atoms with Crippen LogP contribution in [-0.4, -0.2) is 40.1 Å². The van der Waals surface area contributed by atoms with Crippen molar-refractivity contribution in [2.45, 2.75) is 31.1 Å². The van der Waals surface area contributed by atoms with Gasteiger partial charge in [0.1, 0.15) is 5.25 Å². The van der Waals surface area contributed by atoms with Gasteiger partial charge in [-0.3, -0.25) is 0 Å². The highest BCUT2D eigenvalue weighted by atomic mass is 32.2. The summed E-state index contributed by atoms with van der Waals surface area (Å²) in [7, 11) is -2.03. The van der Waals surface area contributed by atoms with Gasteiger partial charge in [0.25, 0.3) is 0 Å². The smallest absolute Gasteiger partial charge is 0.214 e. The van der Waals surface area contributed by atoms with E-state index in [1.54, 1.807) is 20.1 Å². The van der Waals surface area contributed by atoms with Crippen LogP contribution in [0.2, 0.25) is 0 Å². The van der Waals surface area contributed by atoms with Gasteiger partial charge in [0.2, 0.25) is 10.0 Å². The average Bonchev–Trinajstić information content (AvgIpc) is 2.17. The van der Waals surface area contributed by atoms with Crippen molar-refractivity contribution in [2.75, 3.05) is 20.3 Å². The Hall–Kier alpha value is -0.430. The molecule has 0 unspecified atom stereocenters. The summed E-state index contributed by atoms with van der Waals surface area (Å²) in [6.07, 6.45) is 2.06. The molecule has 0 aromatic heterocycles. The van der Waals surface area contributed by atoms with E-state index in [0.717, 1.165) is 0 Å². The maximum Gasteiger partial charge on any atom is 0.214 e. The minimum atomic E-state index is -3.59. The normalized spacial score (nSPS) is 15.7. The van der Waals surface area contributed by atoms with Crippen LogP contribution >= 0.6 is 0 Å². The fourth-order valence-corrected chi connectivity index (χ4v) is 2.56. The third-order valence-corrected chi connectivity index (χ3v) is 3.74. The number of methoxy groups -OCH3 is 1. The van der Waals surface area contributed by atoms with E-state index in [-0.39, 0.29) is 0 Å². The second kappa shape index (κ2) is 7.78. The van der Waals surface area contributed by atoms with Gasteiger partial charge >= 0.3 is 0 Å². The van der Waals surface area contributed by atoms with Crippen LogP contribution in [-0.2, 0) is 19.5 Å². The van der Waals surface area contributed by atoms with Crippen molar-refractivity contribution in [3.8, 4) is 0 Å². The first-order valence-electron chi connectivity index (χ1n) is 5.20. The van der Waals surface area contributed by atoms with Gasteiger partial charge in [0.15, 0.2) is 0 Å². The Labute approximate surface area is 97.7 Å². The molecule has 0 aliphatic heterocycles. The summed E-state index contributed by atoms with van der Waals surface area (Å²) in [5.74, 6) is 0. The second-order valence-corrected chi connectivity index (χ2v) is 5.25. The van der Waals surface area contributed by atoms with Crippen molar-refractivity contribution in [2.24, 2.45) is 5.14 Å². The molecule has 0 heterocycles. The fourth-order valence-electron chi connectivity index (χ4n) is 1.48. The van der Waals surface area contributed by atoms with E-state index in [9.17, 15) is 8.42 Å². The van der Waals surface area contributed by atoms with Gasteiger partial charge in [-0.1, -0.05) is 13.0 Å². The monoisotopic (exact) mass is 251 g/mol. The molecular weight excluding hydrogens is 230 g/mol. The highest BCUT2D eigenvalue weighted by Crippen LogP contribution is 2.15. The molecule has 2 atom stereocenters. The Kier molecular flexibility index (Phi) is 7.57. The molecule has 0 aliphatic rings. The van der Waals surface area contributed by atoms with E-state index < -0.39 is 21.4 Å². The molecule has 0 rings (SSSR count). The Morgan fingerprint density at radius 1 is 1.44 bits per heavy atom. The zero-order valence-corrected chi connectivity index (χ0v) is 10.7. The summed E-state index contributed by atoms with van der Waals surface area (Å²) in [6, 6.07) is 0. The van der Waals surface area contributed by atoms with Gasteiger partial charge in [-0.15, -0.1) is 6.58 Å². The summed E-state index contributed by atoms with van der Waals surface area (Å²) in [6.45, 7) is 6.12. The lowest BCUT2D eigenvalue weighted by atomic mass is 10.1. The second-order valence-electron chi connectivity index (χ2n) is 3.46. The molecule has 0 saturated carbocycles. The number of rotatable bonds is 9. The van der Waals surface area contributed by atoms with Crippen molar-refractivity contribution in [3.63, 3.8) is 0 Å². The van der Waals surface area contributed by atoms with E-state index in [1.807, 2.05) is 0 Å². The minimum Gasteiger partial charge on any atom is -0.382 e. The number of hydrogen-bond acceptors (Lipinski definition) is 4. The first kappa shape index (κ1) is 15.6. The van der Waals surface area contributed by atoms with Crippen molar-refractivity contribution in [1.82, 2.24) is 0 Å². The van der Waals surface area contributed by atoms with Gasteiger partial charge in [-0.25, -0.2) is 13.6 Å². The number of hydrogen-bond donors (Lipinski definition) is 1. The molecule has 0 saturated heterocycles. The van der Waals surface area contributed by atoms with E-state index in [0.29, 0.717) is 26.1 Å². The molecule has 96 valence electrons. The molecule has 0 bridgehead atoms. The van der Waals surface area contributed by atoms with Crippen molar-refractivity contribution in [3.05, 3.63) is 12.7 Å². The first-order valence-corrected chi connectivity index (χ1v) is 6.81. The van der Waals surface area contributed by atoms with Crippen LogP contribution in [0.3, 0.4) is 0 Å². The standard InChI is InChI=1S/C10H21NO4S/c1-4-6-9(15-8-7-14-3)10(5-2)16(11,12)13/h4,9-10H,1,5-8H2,2-3H3,(H2,11,12,13)/t9-,10+/m0/s1. The fraction of sp³-hybridized carbons (Fsp3) is 0.800. The number of sulfonamides is 1. The minimum absolute atomic E-state index is 0.348. The summed E-state index contributed by atoms with van der Waals surface area (Å²) >= 11 is 0. The number of nitrogens with two attached hydrogens (primary N) is 1. The number of ether oxygens (including phenoxy) is 2. The van der Waals surface area contributed by atoms with Crippen LogP contribution in [0.1, 0.15) is 19.8 Å². The van der Waals surface area contributed by atoms with Crippen LogP contribution in [0.5, 0.6) is 0 Å². The van der Waals surface area contributed by atoms with Gasteiger partial charge in [-0.2, -0.15) is 0 Å². The predicted octanol–water partition coefficient (Wildman–Crippen LogP) is 0.661. The van der Waals surface area contributed by atoms with Crippen molar-refractivity contribution < 1.29 is 17.9 Å². The molecule has 0 spiro atoms. The van der Waals surface area contributed by atoms with Crippen molar-refractivity contribution >= 4 is 10.0 Å². The Morgan fingerprint density at radius 2 is 2.06 bits per heavy atom. The highest BCUT2D eigenvalue weighted by Gasteiger charge is 2.29. The maximum absolute atomic E-state index is 11.3. The molecule has 6 heteroatoms. The first-order chi connectivity index (χ1) is 7.47. The summed E-state index contributed by atoms with van der Waals surface area (Å²) in [5, 5.41) is 4.46.